The number of pyridine rings is 1. The van der Waals surface area contributed by atoms with Gasteiger partial charge >= 0.3 is 0 Å². The van der Waals surface area contributed by atoms with Crippen molar-refractivity contribution in [2.75, 3.05) is 30.9 Å². The molecule has 1 heterocycles. The topological polar surface area (TPSA) is 54.0 Å². The number of aromatic nitrogens is 1. The smallest absolute Gasteiger partial charge is 0.253 e. The Morgan fingerprint density at radius 2 is 2.38 bits per heavy atom. The number of carbonyl (C=O) groups excluding carboxylic acids is 1. The van der Waals surface area contributed by atoms with E-state index in [-0.39, 0.29) is 5.91 Å². The van der Waals surface area contributed by atoms with Crippen LogP contribution in [0.1, 0.15) is 16.8 Å². The molecule has 0 aliphatic rings. The molecule has 1 amide bonds. The van der Waals surface area contributed by atoms with Crippen LogP contribution < -0.4 is 10.6 Å². The Morgan fingerprint density at radius 1 is 1.56 bits per heavy atom. The van der Waals surface area contributed by atoms with E-state index >= 15 is 0 Å². The standard InChI is InChI=1S/C11H17N3OS/c1-12-10-8-13-6-4-9(10)11(15)14-5-3-7-16-2/h4,6,8,12H,3,5,7H2,1-2H3,(H,14,15). The second-order valence-corrected chi connectivity index (χ2v) is 4.26. The van der Waals surface area contributed by atoms with Crippen molar-refractivity contribution in [3.63, 3.8) is 0 Å². The van der Waals surface area contributed by atoms with Gasteiger partial charge in [-0.05, 0) is 24.5 Å². The normalized spacial score (nSPS) is 9.88. The summed E-state index contributed by atoms with van der Waals surface area (Å²) in [7, 11) is 1.78. The van der Waals surface area contributed by atoms with E-state index < -0.39 is 0 Å². The molecule has 0 fully saturated rings. The van der Waals surface area contributed by atoms with Crippen molar-refractivity contribution >= 4 is 23.4 Å². The first kappa shape index (κ1) is 12.8. The van der Waals surface area contributed by atoms with Crippen LogP contribution in [0, 0.1) is 0 Å². The maximum Gasteiger partial charge on any atom is 0.253 e. The molecule has 0 bridgehead atoms. The minimum absolute atomic E-state index is 0.0483. The van der Waals surface area contributed by atoms with Crippen LogP contribution in [0.5, 0.6) is 0 Å². The highest BCUT2D eigenvalue weighted by molar-refractivity contribution is 7.98. The molecule has 0 saturated heterocycles. The Morgan fingerprint density at radius 3 is 3.06 bits per heavy atom. The van der Waals surface area contributed by atoms with Gasteiger partial charge in [0, 0.05) is 19.8 Å². The molecule has 0 spiro atoms. The lowest BCUT2D eigenvalue weighted by atomic mass is 10.2. The third-order valence-corrected chi connectivity index (χ3v) is 2.84. The van der Waals surface area contributed by atoms with E-state index in [9.17, 15) is 4.79 Å². The number of anilines is 1. The molecule has 0 radical (unpaired) electrons. The Kier molecular flexibility index (Phi) is 5.71. The van der Waals surface area contributed by atoms with Crippen molar-refractivity contribution in [1.29, 1.82) is 0 Å². The average Bonchev–Trinajstić information content (AvgIpc) is 2.34. The van der Waals surface area contributed by atoms with Gasteiger partial charge in [-0.1, -0.05) is 0 Å². The fourth-order valence-corrected chi connectivity index (χ4v) is 1.74. The highest BCUT2D eigenvalue weighted by Crippen LogP contribution is 2.11. The van der Waals surface area contributed by atoms with Crippen LogP contribution in [0.4, 0.5) is 5.69 Å². The Balaban J connectivity index is 2.52. The Labute approximate surface area is 100 Å². The first-order chi connectivity index (χ1) is 7.79. The van der Waals surface area contributed by atoms with E-state index in [2.05, 4.69) is 21.9 Å². The number of hydrogen-bond donors (Lipinski definition) is 2. The quantitative estimate of drug-likeness (QED) is 0.740. The van der Waals surface area contributed by atoms with Gasteiger partial charge in [-0.3, -0.25) is 9.78 Å². The molecule has 0 atom stereocenters. The summed E-state index contributed by atoms with van der Waals surface area (Å²) in [5.74, 6) is 1.02. The fraction of sp³-hybridized carbons (Fsp3) is 0.455. The lowest BCUT2D eigenvalue weighted by Crippen LogP contribution is -2.25. The maximum atomic E-state index is 11.8. The number of hydrogen-bond acceptors (Lipinski definition) is 4. The SMILES string of the molecule is CNc1cnccc1C(=O)NCCCSC. The molecule has 4 nitrogen and oxygen atoms in total. The summed E-state index contributed by atoms with van der Waals surface area (Å²) >= 11 is 1.78. The van der Waals surface area contributed by atoms with Gasteiger partial charge in [0.2, 0.25) is 0 Å². The van der Waals surface area contributed by atoms with Crippen molar-refractivity contribution in [2.45, 2.75) is 6.42 Å². The van der Waals surface area contributed by atoms with Gasteiger partial charge in [0.1, 0.15) is 0 Å². The molecule has 0 aliphatic carbocycles. The van der Waals surface area contributed by atoms with Gasteiger partial charge in [-0.25, -0.2) is 0 Å². The number of rotatable bonds is 6. The predicted octanol–water partition coefficient (Wildman–Crippen LogP) is 1.61. The summed E-state index contributed by atoms with van der Waals surface area (Å²) in [6.45, 7) is 0.713. The van der Waals surface area contributed by atoms with Crippen LogP contribution in [0.2, 0.25) is 0 Å². The van der Waals surface area contributed by atoms with Crippen molar-refractivity contribution < 1.29 is 4.79 Å². The first-order valence-electron chi connectivity index (χ1n) is 5.18. The molecule has 0 aromatic carbocycles. The van der Waals surface area contributed by atoms with Crippen LogP contribution in [-0.2, 0) is 0 Å². The Hall–Kier alpha value is -1.23. The van der Waals surface area contributed by atoms with Gasteiger partial charge in [0.05, 0.1) is 17.4 Å². The van der Waals surface area contributed by atoms with Crippen molar-refractivity contribution in [2.24, 2.45) is 0 Å². The molecular weight excluding hydrogens is 222 g/mol. The van der Waals surface area contributed by atoms with E-state index in [0.29, 0.717) is 12.1 Å². The second-order valence-electron chi connectivity index (χ2n) is 3.27. The molecule has 88 valence electrons. The van der Waals surface area contributed by atoms with Crippen LogP contribution in [0.3, 0.4) is 0 Å². The monoisotopic (exact) mass is 239 g/mol. The molecule has 5 heteroatoms. The molecule has 0 aliphatic heterocycles. The second kappa shape index (κ2) is 7.11. The minimum atomic E-state index is -0.0483. The lowest BCUT2D eigenvalue weighted by Gasteiger charge is -2.08. The summed E-state index contributed by atoms with van der Waals surface area (Å²) < 4.78 is 0. The van der Waals surface area contributed by atoms with Crippen LogP contribution in [0.25, 0.3) is 0 Å². The van der Waals surface area contributed by atoms with Gasteiger partial charge < -0.3 is 10.6 Å². The molecule has 0 saturated carbocycles. The van der Waals surface area contributed by atoms with Gasteiger partial charge in [0.15, 0.2) is 0 Å². The first-order valence-corrected chi connectivity index (χ1v) is 6.58. The zero-order chi connectivity index (χ0) is 11.8. The van der Waals surface area contributed by atoms with Crippen LogP contribution in [-0.4, -0.2) is 36.5 Å². The molecule has 0 unspecified atom stereocenters. The maximum absolute atomic E-state index is 11.8. The number of amides is 1. The lowest BCUT2D eigenvalue weighted by molar-refractivity contribution is 0.0954. The third kappa shape index (κ3) is 3.73. The summed E-state index contributed by atoms with van der Waals surface area (Å²) in [6, 6.07) is 1.72. The molecule has 1 aromatic rings. The van der Waals surface area contributed by atoms with E-state index in [1.165, 1.54) is 0 Å². The van der Waals surface area contributed by atoms with E-state index in [0.717, 1.165) is 17.9 Å². The molecular formula is C11H17N3OS. The zero-order valence-electron chi connectivity index (χ0n) is 9.62. The number of nitrogens with zero attached hydrogens (tertiary/aromatic N) is 1. The van der Waals surface area contributed by atoms with Gasteiger partial charge in [-0.2, -0.15) is 11.8 Å². The largest absolute Gasteiger partial charge is 0.386 e. The van der Waals surface area contributed by atoms with E-state index in [1.807, 2.05) is 0 Å². The average molecular weight is 239 g/mol. The van der Waals surface area contributed by atoms with E-state index in [4.69, 9.17) is 0 Å². The molecule has 16 heavy (non-hydrogen) atoms. The fourth-order valence-electron chi connectivity index (χ4n) is 1.31. The summed E-state index contributed by atoms with van der Waals surface area (Å²) in [5.41, 5.74) is 1.39. The molecule has 2 N–H and O–H groups in total. The third-order valence-electron chi connectivity index (χ3n) is 2.15. The molecule has 1 rings (SSSR count). The Bertz CT molecular complexity index is 344. The minimum Gasteiger partial charge on any atom is -0.386 e. The number of nitrogens with one attached hydrogen (secondary N) is 2. The highest BCUT2D eigenvalue weighted by Gasteiger charge is 2.09. The van der Waals surface area contributed by atoms with Gasteiger partial charge in [0.25, 0.3) is 5.91 Å². The van der Waals surface area contributed by atoms with Crippen molar-refractivity contribution in [3.8, 4) is 0 Å². The zero-order valence-corrected chi connectivity index (χ0v) is 10.4. The van der Waals surface area contributed by atoms with Crippen LogP contribution in [0.15, 0.2) is 18.5 Å². The number of carbonyl (C=O) groups is 1. The van der Waals surface area contributed by atoms with Crippen molar-refractivity contribution in [3.05, 3.63) is 24.0 Å². The summed E-state index contributed by atoms with van der Waals surface area (Å²) in [4.78, 5) is 15.8. The van der Waals surface area contributed by atoms with E-state index in [1.54, 1.807) is 37.3 Å². The van der Waals surface area contributed by atoms with Crippen molar-refractivity contribution in [1.82, 2.24) is 10.3 Å². The highest BCUT2D eigenvalue weighted by atomic mass is 32.2. The van der Waals surface area contributed by atoms with Crippen LogP contribution >= 0.6 is 11.8 Å². The predicted molar refractivity (Wildman–Crippen MR) is 69.1 cm³/mol. The summed E-state index contributed by atoms with van der Waals surface area (Å²) in [5, 5.41) is 5.84. The van der Waals surface area contributed by atoms with Gasteiger partial charge in [-0.15, -0.1) is 0 Å². The number of thioether (sulfide) groups is 1. The summed E-state index contributed by atoms with van der Waals surface area (Å²) in [6.07, 6.45) is 6.32. The molecule has 1 aromatic heterocycles.